The van der Waals surface area contributed by atoms with Gasteiger partial charge in [-0.2, -0.15) is 0 Å². The number of nitrogens with zero attached hydrogens (tertiary/aromatic N) is 1. The number of amides is 1. The molecule has 154 valence electrons. The van der Waals surface area contributed by atoms with E-state index in [2.05, 4.69) is 0 Å². The van der Waals surface area contributed by atoms with Crippen molar-refractivity contribution in [2.75, 3.05) is 12.0 Å². The van der Waals surface area contributed by atoms with Gasteiger partial charge in [0.1, 0.15) is 11.5 Å². The fourth-order valence-corrected chi connectivity index (χ4v) is 4.09. The summed E-state index contributed by atoms with van der Waals surface area (Å²) < 4.78 is 5.22. The van der Waals surface area contributed by atoms with Crippen LogP contribution in [-0.2, 0) is 4.79 Å². The summed E-state index contributed by atoms with van der Waals surface area (Å²) in [6.45, 7) is 0. The van der Waals surface area contributed by atoms with Crippen LogP contribution in [0.5, 0.6) is 11.5 Å². The van der Waals surface area contributed by atoms with E-state index in [-0.39, 0.29) is 23.6 Å². The Bertz CT molecular complexity index is 986. The van der Waals surface area contributed by atoms with E-state index in [1.165, 1.54) is 0 Å². The van der Waals surface area contributed by atoms with E-state index in [4.69, 9.17) is 4.74 Å². The number of ether oxygens (including phenoxy) is 1. The van der Waals surface area contributed by atoms with Crippen LogP contribution in [0.15, 0.2) is 78.9 Å². The van der Waals surface area contributed by atoms with Crippen molar-refractivity contribution < 1.29 is 19.7 Å². The molecule has 3 unspecified atom stereocenters. The number of methoxy groups -OCH3 is 1. The van der Waals surface area contributed by atoms with Gasteiger partial charge in [-0.05, 0) is 60.4 Å². The van der Waals surface area contributed by atoms with Gasteiger partial charge in [-0.3, -0.25) is 4.79 Å². The summed E-state index contributed by atoms with van der Waals surface area (Å²) in [5.41, 5.74) is 2.62. The minimum Gasteiger partial charge on any atom is -0.508 e. The predicted octanol–water partition coefficient (Wildman–Crippen LogP) is 4.62. The number of anilines is 1. The van der Waals surface area contributed by atoms with E-state index in [1.807, 2.05) is 66.7 Å². The lowest BCUT2D eigenvalue weighted by Crippen LogP contribution is -2.55. The first-order valence-electron chi connectivity index (χ1n) is 10.1. The van der Waals surface area contributed by atoms with Crippen molar-refractivity contribution in [3.8, 4) is 11.5 Å². The Hall–Kier alpha value is -3.31. The van der Waals surface area contributed by atoms with Crippen LogP contribution in [0.1, 0.15) is 36.1 Å². The minimum absolute atomic E-state index is 0.0403. The van der Waals surface area contributed by atoms with Gasteiger partial charge in [0.05, 0.1) is 25.2 Å². The molecule has 5 nitrogen and oxygen atoms in total. The number of carbonyl (C=O) groups excluding carboxylic acids is 1. The normalized spacial score (nSPS) is 19.3. The number of aliphatic hydroxyl groups excluding tert-OH is 1. The molecular weight excluding hydrogens is 378 g/mol. The lowest BCUT2D eigenvalue weighted by Gasteiger charge is -2.48. The molecule has 1 saturated heterocycles. The van der Waals surface area contributed by atoms with Gasteiger partial charge in [-0.15, -0.1) is 0 Å². The maximum atomic E-state index is 13.1. The second-order valence-electron chi connectivity index (χ2n) is 7.55. The van der Waals surface area contributed by atoms with Crippen LogP contribution in [0.3, 0.4) is 0 Å². The highest BCUT2D eigenvalue weighted by molar-refractivity contribution is 6.03. The van der Waals surface area contributed by atoms with Crippen molar-refractivity contribution in [2.45, 2.75) is 25.0 Å². The number of β-lactam (4-membered cyclic amide) rings is 1. The molecular formula is C25H25NO4. The molecule has 1 heterocycles. The molecule has 1 aliphatic heterocycles. The van der Waals surface area contributed by atoms with Crippen LogP contribution in [-0.4, -0.2) is 23.2 Å². The Morgan fingerprint density at radius 3 is 2.27 bits per heavy atom. The van der Waals surface area contributed by atoms with Gasteiger partial charge in [-0.1, -0.05) is 42.5 Å². The molecule has 3 aromatic carbocycles. The Morgan fingerprint density at radius 2 is 1.63 bits per heavy atom. The number of phenols is 1. The lowest BCUT2D eigenvalue weighted by atomic mass is 9.78. The van der Waals surface area contributed by atoms with Crippen molar-refractivity contribution in [3.05, 3.63) is 90.0 Å². The van der Waals surface area contributed by atoms with E-state index < -0.39 is 6.10 Å². The molecule has 0 radical (unpaired) electrons. The number of aromatic hydroxyl groups is 1. The number of aliphatic hydroxyl groups is 1. The zero-order valence-corrected chi connectivity index (χ0v) is 16.8. The van der Waals surface area contributed by atoms with Gasteiger partial charge in [0.2, 0.25) is 5.91 Å². The fourth-order valence-electron chi connectivity index (χ4n) is 4.09. The van der Waals surface area contributed by atoms with Crippen LogP contribution in [0.2, 0.25) is 0 Å². The molecule has 4 rings (SSSR count). The smallest absolute Gasteiger partial charge is 0.233 e. The standard InChI is InChI=1S/C25H25NO4/c1-30-21-13-9-19(10-14-21)26-24(18-7-11-20(27)12-8-18)22(25(26)29)15-16-23(28)17-5-3-2-4-6-17/h2-14,22-24,27-28H,15-16H2,1H3. The fraction of sp³-hybridized carbons (Fsp3) is 0.240. The van der Waals surface area contributed by atoms with E-state index in [0.29, 0.717) is 12.8 Å². The largest absolute Gasteiger partial charge is 0.508 e. The molecule has 1 fully saturated rings. The highest BCUT2D eigenvalue weighted by Gasteiger charge is 2.48. The average Bonchev–Trinajstić information content (AvgIpc) is 2.79. The van der Waals surface area contributed by atoms with Gasteiger partial charge >= 0.3 is 0 Å². The van der Waals surface area contributed by atoms with Crippen LogP contribution in [0.4, 0.5) is 5.69 Å². The van der Waals surface area contributed by atoms with E-state index >= 15 is 0 Å². The molecule has 0 bridgehead atoms. The minimum atomic E-state index is -0.602. The summed E-state index contributed by atoms with van der Waals surface area (Å²) in [6.07, 6.45) is 0.480. The molecule has 5 heteroatoms. The second-order valence-corrected chi connectivity index (χ2v) is 7.55. The van der Waals surface area contributed by atoms with Gasteiger partial charge in [0, 0.05) is 5.69 Å². The SMILES string of the molecule is COc1ccc(N2C(=O)C(CCC(O)c3ccccc3)C2c2ccc(O)cc2)cc1. The predicted molar refractivity (Wildman–Crippen MR) is 115 cm³/mol. The van der Waals surface area contributed by atoms with Crippen molar-refractivity contribution in [2.24, 2.45) is 5.92 Å². The third-order valence-electron chi connectivity index (χ3n) is 5.73. The second kappa shape index (κ2) is 8.59. The Balaban J connectivity index is 1.56. The lowest BCUT2D eigenvalue weighted by molar-refractivity contribution is -0.131. The molecule has 0 saturated carbocycles. The topological polar surface area (TPSA) is 70.0 Å². The molecule has 1 amide bonds. The van der Waals surface area contributed by atoms with Crippen LogP contribution in [0, 0.1) is 5.92 Å². The number of carbonyl (C=O) groups is 1. The zero-order chi connectivity index (χ0) is 21.1. The number of hydrogen-bond acceptors (Lipinski definition) is 4. The van der Waals surface area contributed by atoms with Crippen molar-refractivity contribution >= 4 is 11.6 Å². The van der Waals surface area contributed by atoms with Crippen molar-refractivity contribution in [1.82, 2.24) is 0 Å². The van der Waals surface area contributed by atoms with Crippen LogP contribution in [0.25, 0.3) is 0 Å². The van der Waals surface area contributed by atoms with E-state index in [1.54, 1.807) is 24.1 Å². The zero-order valence-electron chi connectivity index (χ0n) is 16.8. The number of benzene rings is 3. The van der Waals surface area contributed by atoms with E-state index in [0.717, 1.165) is 22.6 Å². The highest BCUT2D eigenvalue weighted by Crippen LogP contribution is 2.46. The molecule has 1 aliphatic rings. The molecule has 0 aliphatic carbocycles. The Morgan fingerprint density at radius 1 is 0.967 bits per heavy atom. The van der Waals surface area contributed by atoms with Crippen molar-refractivity contribution in [1.29, 1.82) is 0 Å². The Labute approximate surface area is 176 Å². The maximum absolute atomic E-state index is 13.1. The highest BCUT2D eigenvalue weighted by atomic mass is 16.5. The molecule has 3 aromatic rings. The average molecular weight is 403 g/mol. The van der Waals surface area contributed by atoms with Gasteiger partial charge in [0.15, 0.2) is 0 Å². The number of rotatable bonds is 7. The maximum Gasteiger partial charge on any atom is 0.233 e. The monoisotopic (exact) mass is 403 g/mol. The summed E-state index contributed by atoms with van der Waals surface area (Å²) >= 11 is 0. The van der Waals surface area contributed by atoms with Crippen LogP contribution < -0.4 is 9.64 Å². The third kappa shape index (κ3) is 3.89. The molecule has 2 N–H and O–H groups in total. The summed E-state index contributed by atoms with van der Waals surface area (Å²) in [4.78, 5) is 14.9. The summed E-state index contributed by atoms with van der Waals surface area (Å²) in [7, 11) is 1.61. The molecule has 3 atom stereocenters. The molecule has 30 heavy (non-hydrogen) atoms. The molecule has 0 spiro atoms. The first-order valence-corrected chi connectivity index (χ1v) is 10.1. The summed E-state index contributed by atoms with van der Waals surface area (Å²) in [6, 6.07) is 23.8. The Kier molecular flexibility index (Phi) is 5.72. The number of phenolic OH excluding ortho intramolecular Hbond substituents is 1. The third-order valence-corrected chi connectivity index (χ3v) is 5.73. The van der Waals surface area contributed by atoms with Crippen molar-refractivity contribution in [3.63, 3.8) is 0 Å². The summed E-state index contributed by atoms with van der Waals surface area (Å²) in [5, 5.41) is 20.2. The van der Waals surface area contributed by atoms with Crippen LogP contribution >= 0.6 is 0 Å². The van der Waals surface area contributed by atoms with Gasteiger partial charge in [0.25, 0.3) is 0 Å². The quantitative estimate of drug-likeness (QED) is 0.565. The number of hydrogen-bond donors (Lipinski definition) is 2. The first-order chi connectivity index (χ1) is 14.6. The van der Waals surface area contributed by atoms with Gasteiger partial charge < -0.3 is 19.8 Å². The van der Waals surface area contributed by atoms with E-state index in [9.17, 15) is 15.0 Å². The van der Waals surface area contributed by atoms with Gasteiger partial charge in [-0.25, -0.2) is 0 Å². The first kappa shape index (κ1) is 20.0. The summed E-state index contributed by atoms with van der Waals surface area (Å²) in [5.74, 6) is 0.736. The molecule has 0 aromatic heterocycles.